The summed E-state index contributed by atoms with van der Waals surface area (Å²) in [6, 6.07) is 6.42. The van der Waals surface area contributed by atoms with Crippen LogP contribution >= 0.6 is 0 Å². The molecule has 0 unspecified atom stereocenters. The van der Waals surface area contributed by atoms with Crippen molar-refractivity contribution in [1.29, 1.82) is 0 Å². The maximum absolute atomic E-state index is 12.0. The number of carbonyl (C=O) groups is 1. The van der Waals surface area contributed by atoms with Crippen LogP contribution < -0.4 is 0 Å². The third kappa shape index (κ3) is 5.74. The van der Waals surface area contributed by atoms with Crippen LogP contribution in [0.15, 0.2) is 29.2 Å². The van der Waals surface area contributed by atoms with Crippen molar-refractivity contribution in [2.75, 3.05) is 6.61 Å². The molecular weight excluding hydrogens is 312 g/mol. The van der Waals surface area contributed by atoms with E-state index in [1.807, 2.05) is 6.92 Å². The second-order valence-corrected chi connectivity index (χ2v) is 8.35. The van der Waals surface area contributed by atoms with Crippen LogP contribution in [0.5, 0.6) is 0 Å². The zero-order valence-corrected chi connectivity index (χ0v) is 14.8. The minimum atomic E-state index is -3.84. The van der Waals surface area contributed by atoms with Crippen molar-refractivity contribution in [2.45, 2.75) is 57.3 Å². The van der Waals surface area contributed by atoms with Crippen molar-refractivity contribution in [3.63, 3.8) is 0 Å². The first-order valence-corrected chi connectivity index (χ1v) is 9.75. The number of hydrogen-bond donors (Lipinski definition) is 0. The Bertz CT molecular complexity index is 611. The van der Waals surface area contributed by atoms with Crippen LogP contribution in [0.1, 0.15) is 51.0 Å². The fourth-order valence-electron chi connectivity index (χ4n) is 2.97. The van der Waals surface area contributed by atoms with Gasteiger partial charge >= 0.3 is 0 Å². The fourth-order valence-corrected chi connectivity index (χ4v) is 3.86. The monoisotopic (exact) mass is 338 g/mol. The van der Waals surface area contributed by atoms with Crippen molar-refractivity contribution in [1.82, 2.24) is 0 Å². The Kier molecular flexibility index (Phi) is 6.36. The van der Waals surface area contributed by atoms with Gasteiger partial charge in [0.1, 0.15) is 6.61 Å². The van der Waals surface area contributed by atoms with E-state index in [1.54, 1.807) is 12.1 Å². The molecule has 0 aromatic heterocycles. The average molecular weight is 338 g/mol. The largest absolute Gasteiger partial charge is 0.297 e. The average Bonchev–Trinajstić information content (AvgIpc) is 2.53. The molecule has 0 heterocycles. The van der Waals surface area contributed by atoms with Gasteiger partial charge in [-0.1, -0.05) is 50.3 Å². The highest BCUT2D eigenvalue weighted by molar-refractivity contribution is 7.86. The molecule has 0 radical (unpaired) electrons. The summed E-state index contributed by atoms with van der Waals surface area (Å²) in [5.41, 5.74) is 0.974. The van der Waals surface area contributed by atoms with E-state index in [4.69, 9.17) is 4.18 Å². The van der Waals surface area contributed by atoms with E-state index in [0.717, 1.165) is 17.9 Å². The van der Waals surface area contributed by atoms with Crippen LogP contribution in [-0.4, -0.2) is 20.8 Å². The van der Waals surface area contributed by atoms with Gasteiger partial charge in [0.15, 0.2) is 5.78 Å². The summed E-state index contributed by atoms with van der Waals surface area (Å²) in [6.45, 7) is 3.79. The number of carbonyl (C=O) groups excluding carboxylic acids is 1. The smallest absolute Gasteiger partial charge is 0.297 e. The molecule has 0 spiro atoms. The van der Waals surface area contributed by atoms with Crippen LogP contribution in [0.3, 0.4) is 0 Å². The molecule has 1 saturated carbocycles. The Morgan fingerprint density at radius 3 is 2.35 bits per heavy atom. The zero-order valence-electron chi connectivity index (χ0n) is 14.0. The molecule has 0 aliphatic heterocycles. The molecule has 1 aromatic carbocycles. The van der Waals surface area contributed by atoms with Gasteiger partial charge in [0, 0.05) is 6.42 Å². The van der Waals surface area contributed by atoms with Gasteiger partial charge in [0.25, 0.3) is 10.1 Å². The Balaban J connectivity index is 1.76. The molecule has 5 heteroatoms. The lowest BCUT2D eigenvalue weighted by Gasteiger charge is -2.25. The summed E-state index contributed by atoms with van der Waals surface area (Å²) >= 11 is 0. The van der Waals surface area contributed by atoms with Gasteiger partial charge in [-0.25, -0.2) is 0 Å². The van der Waals surface area contributed by atoms with Crippen LogP contribution in [-0.2, 0) is 19.1 Å². The number of benzene rings is 1. The molecule has 0 bridgehead atoms. The maximum Gasteiger partial charge on any atom is 0.297 e. The third-order valence-corrected chi connectivity index (χ3v) is 5.93. The summed E-state index contributed by atoms with van der Waals surface area (Å²) in [4.78, 5) is 12.0. The Labute approximate surface area is 139 Å². The van der Waals surface area contributed by atoms with Crippen LogP contribution in [0.4, 0.5) is 0 Å². The van der Waals surface area contributed by atoms with E-state index < -0.39 is 10.1 Å². The van der Waals surface area contributed by atoms with Crippen molar-refractivity contribution in [3.05, 3.63) is 29.8 Å². The Hall–Kier alpha value is -1.20. The molecular formula is C18H26O4S. The highest BCUT2D eigenvalue weighted by Gasteiger charge is 2.20. The molecule has 23 heavy (non-hydrogen) atoms. The minimum absolute atomic E-state index is 0.0946. The van der Waals surface area contributed by atoms with E-state index in [-0.39, 0.29) is 17.3 Å². The van der Waals surface area contributed by atoms with Crippen molar-refractivity contribution in [3.8, 4) is 0 Å². The molecule has 4 nitrogen and oxygen atoms in total. The second-order valence-electron chi connectivity index (χ2n) is 6.73. The molecule has 1 aromatic rings. The predicted molar refractivity (Wildman–Crippen MR) is 89.7 cm³/mol. The zero-order chi connectivity index (χ0) is 16.9. The van der Waals surface area contributed by atoms with Gasteiger partial charge in [-0.05, 0) is 37.3 Å². The van der Waals surface area contributed by atoms with Gasteiger partial charge in [-0.2, -0.15) is 8.42 Å². The number of ketones is 1. The highest BCUT2D eigenvalue weighted by atomic mass is 32.2. The number of Topliss-reactive ketones (excluding diaryl/α,β-unsaturated/α-hetero) is 1. The lowest BCUT2D eigenvalue weighted by atomic mass is 9.80. The van der Waals surface area contributed by atoms with E-state index in [1.165, 1.54) is 37.8 Å². The van der Waals surface area contributed by atoms with E-state index in [9.17, 15) is 13.2 Å². The molecule has 1 aliphatic rings. The van der Waals surface area contributed by atoms with E-state index >= 15 is 0 Å². The van der Waals surface area contributed by atoms with Gasteiger partial charge < -0.3 is 0 Å². The molecule has 0 saturated heterocycles. The topological polar surface area (TPSA) is 60.4 Å². The van der Waals surface area contributed by atoms with Crippen molar-refractivity contribution >= 4 is 15.9 Å². The van der Waals surface area contributed by atoms with E-state index in [2.05, 4.69) is 6.92 Å². The van der Waals surface area contributed by atoms with E-state index in [0.29, 0.717) is 12.3 Å². The molecule has 0 amide bonds. The quantitative estimate of drug-likeness (QED) is 0.708. The number of aryl methyl sites for hydroxylation is 1. The second kappa shape index (κ2) is 8.06. The standard InChI is InChI=1S/C18H26O4S/c1-14-3-7-16(8-4-14)9-10-17(19)13-22-23(20,21)18-11-5-15(2)6-12-18/h5-6,11-12,14,16H,3-4,7-10,13H2,1-2H3. The normalized spacial score (nSPS) is 22.0. The number of rotatable bonds is 7. The maximum atomic E-state index is 12.0. The molecule has 0 N–H and O–H groups in total. The summed E-state index contributed by atoms with van der Waals surface area (Å²) in [5.74, 6) is 1.26. The van der Waals surface area contributed by atoms with Crippen molar-refractivity contribution in [2.24, 2.45) is 11.8 Å². The highest BCUT2D eigenvalue weighted by Crippen LogP contribution is 2.31. The van der Waals surface area contributed by atoms with Gasteiger partial charge in [-0.15, -0.1) is 0 Å². The van der Waals surface area contributed by atoms with Crippen molar-refractivity contribution < 1.29 is 17.4 Å². The summed E-state index contributed by atoms with van der Waals surface area (Å²) < 4.78 is 28.9. The first-order chi connectivity index (χ1) is 10.9. The third-order valence-electron chi connectivity index (χ3n) is 4.65. The number of hydrogen-bond acceptors (Lipinski definition) is 4. The molecule has 128 valence electrons. The van der Waals surface area contributed by atoms with Gasteiger partial charge in [-0.3, -0.25) is 8.98 Å². The fraction of sp³-hybridized carbons (Fsp3) is 0.611. The molecule has 1 fully saturated rings. The van der Waals surface area contributed by atoms with Gasteiger partial charge in [0.2, 0.25) is 0 Å². The summed E-state index contributed by atoms with van der Waals surface area (Å²) in [7, 11) is -3.84. The minimum Gasteiger partial charge on any atom is -0.297 e. The van der Waals surface area contributed by atoms with Crippen LogP contribution in [0.2, 0.25) is 0 Å². The Morgan fingerprint density at radius 1 is 1.13 bits per heavy atom. The lowest BCUT2D eigenvalue weighted by molar-refractivity contribution is -0.121. The first-order valence-electron chi connectivity index (χ1n) is 8.34. The predicted octanol–water partition coefficient (Wildman–Crippen LogP) is 3.88. The van der Waals surface area contributed by atoms with Crippen LogP contribution in [0.25, 0.3) is 0 Å². The summed E-state index contributed by atoms with van der Waals surface area (Å²) in [6.07, 6.45) is 6.07. The molecule has 0 atom stereocenters. The van der Waals surface area contributed by atoms with Gasteiger partial charge in [0.05, 0.1) is 4.90 Å². The Morgan fingerprint density at radius 2 is 1.74 bits per heavy atom. The lowest BCUT2D eigenvalue weighted by Crippen LogP contribution is -2.17. The van der Waals surface area contributed by atoms with Crippen LogP contribution in [0, 0.1) is 18.8 Å². The summed E-state index contributed by atoms with van der Waals surface area (Å²) in [5, 5.41) is 0. The first kappa shape index (κ1) is 18.1. The SMILES string of the molecule is Cc1ccc(S(=O)(=O)OCC(=O)CCC2CCC(C)CC2)cc1. The molecule has 1 aliphatic carbocycles. The molecule has 2 rings (SSSR count).